The molecular formula is C24H39BO3. The first kappa shape index (κ1) is 25.9. The summed E-state index contributed by atoms with van der Waals surface area (Å²) < 4.78 is 16.5. The normalized spacial score (nSPS) is 12.5. The Morgan fingerprint density at radius 3 is 1.11 bits per heavy atom. The van der Waals surface area contributed by atoms with E-state index in [-0.39, 0.29) is 0 Å². The van der Waals surface area contributed by atoms with Gasteiger partial charge in [0.25, 0.3) is 0 Å². The third-order valence-corrected chi connectivity index (χ3v) is 3.72. The maximum atomic E-state index is 5.51. The zero-order valence-corrected chi connectivity index (χ0v) is 18.1. The Balaban J connectivity index is 4.39. The van der Waals surface area contributed by atoms with E-state index in [9.17, 15) is 0 Å². The molecule has 0 amide bonds. The summed E-state index contributed by atoms with van der Waals surface area (Å²) in [4.78, 5) is 0. The molecule has 0 aliphatic heterocycles. The van der Waals surface area contributed by atoms with Gasteiger partial charge < -0.3 is 14.0 Å². The molecule has 0 aliphatic rings. The highest BCUT2D eigenvalue weighted by Crippen LogP contribution is 2.00. The Morgan fingerprint density at radius 2 is 0.821 bits per heavy atom. The second kappa shape index (κ2) is 22.9. The molecule has 0 saturated heterocycles. The minimum atomic E-state index is -0.819. The zero-order chi connectivity index (χ0) is 20.5. The summed E-state index contributed by atoms with van der Waals surface area (Å²) >= 11 is 0. The van der Waals surface area contributed by atoms with E-state index in [1.54, 1.807) is 18.8 Å². The van der Waals surface area contributed by atoms with Crippen LogP contribution in [-0.4, -0.2) is 7.32 Å². The van der Waals surface area contributed by atoms with Gasteiger partial charge in [-0.1, -0.05) is 95.8 Å². The molecule has 156 valence electrons. The fourth-order valence-electron chi connectivity index (χ4n) is 2.05. The van der Waals surface area contributed by atoms with Gasteiger partial charge in [0.2, 0.25) is 0 Å². The SMILES string of the molecule is CCCCC=CC=COB(OC=CC=CCCCC)OC=CC=CCCCC. The van der Waals surface area contributed by atoms with Crippen molar-refractivity contribution in [3.63, 3.8) is 0 Å². The molecule has 0 saturated carbocycles. The molecule has 0 N–H and O–H groups in total. The maximum absolute atomic E-state index is 5.51. The average molecular weight is 386 g/mol. The van der Waals surface area contributed by atoms with E-state index >= 15 is 0 Å². The zero-order valence-electron chi connectivity index (χ0n) is 18.1. The van der Waals surface area contributed by atoms with Crippen LogP contribution in [0.1, 0.15) is 78.6 Å². The third-order valence-electron chi connectivity index (χ3n) is 3.72. The average Bonchev–Trinajstić information content (AvgIpc) is 2.71. The lowest BCUT2D eigenvalue weighted by Crippen LogP contribution is -2.20. The summed E-state index contributed by atoms with van der Waals surface area (Å²) in [6.07, 6.45) is 33.1. The highest BCUT2D eigenvalue weighted by molar-refractivity contribution is 6.37. The fourth-order valence-corrected chi connectivity index (χ4v) is 2.05. The molecule has 0 spiro atoms. The molecule has 0 aromatic carbocycles. The molecule has 0 aromatic rings. The Hall–Kier alpha value is -2.10. The van der Waals surface area contributed by atoms with Gasteiger partial charge in [-0.05, 0) is 37.5 Å². The first-order valence-electron chi connectivity index (χ1n) is 10.8. The minimum Gasteiger partial charge on any atom is -0.496 e. The summed E-state index contributed by atoms with van der Waals surface area (Å²) in [5, 5.41) is 0. The van der Waals surface area contributed by atoms with E-state index in [1.165, 1.54) is 38.5 Å². The minimum absolute atomic E-state index is 0.819. The molecule has 0 fully saturated rings. The Labute approximate surface area is 173 Å². The predicted octanol–water partition coefficient (Wildman–Crippen LogP) is 7.80. The molecule has 0 atom stereocenters. The highest BCUT2D eigenvalue weighted by atomic mass is 16.7. The molecule has 0 unspecified atom stereocenters. The largest absolute Gasteiger partial charge is 0.862 e. The van der Waals surface area contributed by atoms with Crippen LogP contribution in [0.4, 0.5) is 0 Å². The van der Waals surface area contributed by atoms with Gasteiger partial charge in [0.05, 0.1) is 18.8 Å². The quantitative estimate of drug-likeness (QED) is 0.104. The summed E-state index contributed by atoms with van der Waals surface area (Å²) in [6, 6.07) is 0. The van der Waals surface area contributed by atoms with E-state index in [1.807, 2.05) is 36.5 Å². The van der Waals surface area contributed by atoms with Crippen molar-refractivity contribution < 1.29 is 14.0 Å². The lowest BCUT2D eigenvalue weighted by atomic mass is 10.2. The molecule has 0 bridgehead atoms. The Morgan fingerprint density at radius 1 is 0.500 bits per heavy atom. The molecule has 3 nitrogen and oxygen atoms in total. The van der Waals surface area contributed by atoms with Gasteiger partial charge in [-0.15, -0.1) is 0 Å². The van der Waals surface area contributed by atoms with Crippen LogP contribution in [0.5, 0.6) is 0 Å². The van der Waals surface area contributed by atoms with Crippen LogP contribution in [0.15, 0.2) is 73.5 Å². The van der Waals surface area contributed by atoms with Crippen molar-refractivity contribution >= 4 is 7.32 Å². The van der Waals surface area contributed by atoms with Crippen molar-refractivity contribution in [1.82, 2.24) is 0 Å². The van der Waals surface area contributed by atoms with Crippen LogP contribution in [0, 0.1) is 0 Å². The van der Waals surface area contributed by atoms with Gasteiger partial charge in [-0.3, -0.25) is 0 Å². The first-order valence-corrected chi connectivity index (χ1v) is 10.8. The van der Waals surface area contributed by atoms with E-state index < -0.39 is 7.32 Å². The van der Waals surface area contributed by atoms with Crippen LogP contribution in [0.25, 0.3) is 0 Å². The van der Waals surface area contributed by atoms with E-state index in [2.05, 4.69) is 39.0 Å². The number of rotatable bonds is 18. The van der Waals surface area contributed by atoms with Crippen molar-refractivity contribution in [3.8, 4) is 0 Å². The lowest BCUT2D eigenvalue weighted by Gasteiger charge is -2.07. The van der Waals surface area contributed by atoms with Crippen molar-refractivity contribution in [3.05, 3.63) is 73.5 Å². The van der Waals surface area contributed by atoms with Crippen LogP contribution < -0.4 is 0 Å². The Bertz CT molecular complexity index is 419. The predicted molar refractivity (Wildman–Crippen MR) is 122 cm³/mol. The third kappa shape index (κ3) is 20.2. The van der Waals surface area contributed by atoms with Crippen molar-refractivity contribution in [2.45, 2.75) is 78.6 Å². The second-order valence-corrected chi connectivity index (χ2v) is 6.39. The molecule has 0 radical (unpaired) electrons. The van der Waals surface area contributed by atoms with Gasteiger partial charge in [0.15, 0.2) is 0 Å². The molecule has 4 heteroatoms. The highest BCUT2D eigenvalue weighted by Gasteiger charge is 2.23. The Kier molecular flexibility index (Phi) is 21.2. The van der Waals surface area contributed by atoms with Gasteiger partial charge in [0, 0.05) is 0 Å². The smallest absolute Gasteiger partial charge is 0.496 e. The summed E-state index contributed by atoms with van der Waals surface area (Å²) in [5.41, 5.74) is 0. The lowest BCUT2D eigenvalue weighted by molar-refractivity contribution is 0.224. The van der Waals surface area contributed by atoms with Gasteiger partial charge >= 0.3 is 7.32 Å². The summed E-state index contributed by atoms with van der Waals surface area (Å²) in [6.45, 7) is 6.56. The van der Waals surface area contributed by atoms with Crippen LogP contribution in [0.3, 0.4) is 0 Å². The number of unbranched alkanes of at least 4 members (excludes halogenated alkanes) is 6. The van der Waals surface area contributed by atoms with Gasteiger partial charge in [-0.2, -0.15) is 0 Å². The molecule has 0 aliphatic carbocycles. The summed E-state index contributed by atoms with van der Waals surface area (Å²) in [5.74, 6) is 0. The number of allylic oxidation sites excluding steroid dienone is 9. The van der Waals surface area contributed by atoms with E-state index in [0.717, 1.165) is 19.3 Å². The van der Waals surface area contributed by atoms with Crippen molar-refractivity contribution in [2.24, 2.45) is 0 Å². The van der Waals surface area contributed by atoms with Crippen LogP contribution >= 0.6 is 0 Å². The maximum Gasteiger partial charge on any atom is 0.862 e. The topological polar surface area (TPSA) is 27.7 Å². The molecule has 0 rings (SSSR count). The molecule has 28 heavy (non-hydrogen) atoms. The molecule has 0 aromatic heterocycles. The number of hydrogen-bond acceptors (Lipinski definition) is 3. The standard InChI is InChI=1S/C24H39BO3/c1-4-7-10-13-16-19-22-26-25(27-23-20-17-14-11-8-5-2)28-24-21-18-15-12-9-6-3/h13-24H,4-12H2,1-3H3. The van der Waals surface area contributed by atoms with Crippen molar-refractivity contribution in [1.29, 1.82) is 0 Å². The van der Waals surface area contributed by atoms with Gasteiger partial charge in [0.1, 0.15) is 0 Å². The van der Waals surface area contributed by atoms with E-state index in [4.69, 9.17) is 14.0 Å². The van der Waals surface area contributed by atoms with Crippen LogP contribution in [-0.2, 0) is 14.0 Å². The molecule has 0 heterocycles. The monoisotopic (exact) mass is 386 g/mol. The summed E-state index contributed by atoms with van der Waals surface area (Å²) in [7, 11) is -0.819. The van der Waals surface area contributed by atoms with Crippen molar-refractivity contribution in [2.75, 3.05) is 0 Å². The van der Waals surface area contributed by atoms with E-state index in [0.29, 0.717) is 0 Å². The fraction of sp³-hybridized carbons (Fsp3) is 0.500. The van der Waals surface area contributed by atoms with Crippen LogP contribution in [0.2, 0.25) is 0 Å². The number of hydrogen-bond donors (Lipinski definition) is 0. The second-order valence-electron chi connectivity index (χ2n) is 6.39. The first-order chi connectivity index (χ1) is 13.8. The van der Waals surface area contributed by atoms with Gasteiger partial charge in [-0.25, -0.2) is 0 Å². The molecular weight excluding hydrogens is 347 g/mol.